The van der Waals surface area contributed by atoms with E-state index >= 15 is 0 Å². The zero-order valence-electron chi connectivity index (χ0n) is 14.8. The molecule has 2 aromatic carbocycles. The molecular weight excluding hydrogens is 334 g/mol. The fraction of sp³-hybridized carbons (Fsp3) is 0.222. The third kappa shape index (κ3) is 3.80. The van der Waals surface area contributed by atoms with Gasteiger partial charge in [0.05, 0.1) is 19.9 Å². The number of rotatable bonds is 6. The maximum Gasteiger partial charge on any atom is 0.246 e. The summed E-state index contributed by atoms with van der Waals surface area (Å²) in [7, 11) is 3.09. The number of hydrogen-bond donors (Lipinski definition) is 1. The average molecular weight is 353 g/mol. The Hall–Kier alpha value is -3.42. The fourth-order valence-corrected chi connectivity index (χ4v) is 2.46. The molecule has 1 heterocycles. The predicted molar refractivity (Wildman–Crippen MR) is 96.2 cm³/mol. The van der Waals surface area contributed by atoms with Crippen LogP contribution in [0.15, 0.2) is 42.5 Å². The Bertz CT molecular complexity index is 905. The fourth-order valence-electron chi connectivity index (χ4n) is 2.46. The van der Waals surface area contributed by atoms with Crippen molar-refractivity contribution in [3.63, 3.8) is 0 Å². The molecule has 0 atom stereocenters. The van der Waals surface area contributed by atoms with Crippen molar-refractivity contribution in [1.29, 1.82) is 0 Å². The molecule has 0 spiro atoms. The van der Waals surface area contributed by atoms with Gasteiger partial charge in [-0.3, -0.25) is 4.79 Å². The Morgan fingerprint density at radius 2 is 1.88 bits per heavy atom. The SMILES string of the molecule is COc1ccc(OC)c(NC(=O)Cn2nnnc2-c2ccc(C)cc2)c1. The number of amides is 1. The number of carbonyl (C=O) groups is 1. The van der Waals surface area contributed by atoms with Gasteiger partial charge in [0.15, 0.2) is 5.82 Å². The van der Waals surface area contributed by atoms with Gasteiger partial charge in [-0.15, -0.1) is 5.10 Å². The predicted octanol–water partition coefficient (Wildman–Crippen LogP) is 2.30. The van der Waals surface area contributed by atoms with E-state index in [-0.39, 0.29) is 12.5 Å². The van der Waals surface area contributed by atoms with Crippen molar-refractivity contribution in [1.82, 2.24) is 20.2 Å². The van der Waals surface area contributed by atoms with E-state index in [1.165, 1.54) is 11.8 Å². The number of hydrogen-bond acceptors (Lipinski definition) is 6. The zero-order chi connectivity index (χ0) is 18.5. The number of tetrazole rings is 1. The smallest absolute Gasteiger partial charge is 0.246 e. The second kappa shape index (κ2) is 7.64. The molecular formula is C18H19N5O3. The van der Waals surface area contributed by atoms with Gasteiger partial charge >= 0.3 is 0 Å². The number of methoxy groups -OCH3 is 2. The van der Waals surface area contributed by atoms with Crippen LogP contribution in [0.3, 0.4) is 0 Å². The molecule has 8 nitrogen and oxygen atoms in total. The van der Waals surface area contributed by atoms with Crippen LogP contribution >= 0.6 is 0 Å². The van der Waals surface area contributed by atoms with E-state index in [0.717, 1.165) is 11.1 Å². The summed E-state index contributed by atoms with van der Waals surface area (Å²) in [5, 5.41) is 14.4. The molecule has 0 aliphatic heterocycles. The molecule has 0 saturated carbocycles. The van der Waals surface area contributed by atoms with E-state index in [1.54, 1.807) is 25.3 Å². The molecule has 0 radical (unpaired) electrons. The Kier molecular flexibility index (Phi) is 5.12. The Morgan fingerprint density at radius 1 is 1.12 bits per heavy atom. The Balaban J connectivity index is 1.78. The third-order valence-corrected chi connectivity index (χ3v) is 3.82. The quantitative estimate of drug-likeness (QED) is 0.731. The van der Waals surface area contributed by atoms with Gasteiger partial charge in [-0.2, -0.15) is 0 Å². The van der Waals surface area contributed by atoms with Crippen molar-refractivity contribution in [2.24, 2.45) is 0 Å². The van der Waals surface area contributed by atoms with Crippen LogP contribution in [-0.2, 0) is 11.3 Å². The first-order valence-corrected chi connectivity index (χ1v) is 7.96. The van der Waals surface area contributed by atoms with Crippen molar-refractivity contribution >= 4 is 11.6 Å². The maximum absolute atomic E-state index is 12.5. The van der Waals surface area contributed by atoms with Crippen LogP contribution in [0.2, 0.25) is 0 Å². The molecule has 0 aliphatic carbocycles. The maximum atomic E-state index is 12.5. The summed E-state index contributed by atoms with van der Waals surface area (Å²) >= 11 is 0. The second-order valence-electron chi connectivity index (χ2n) is 5.64. The first kappa shape index (κ1) is 17.4. The lowest BCUT2D eigenvalue weighted by Crippen LogP contribution is -2.20. The first-order valence-electron chi connectivity index (χ1n) is 7.96. The van der Waals surface area contributed by atoms with E-state index in [1.807, 2.05) is 31.2 Å². The van der Waals surface area contributed by atoms with E-state index in [9.17, 15) is 4.79 Å². The number of aryl methyl sites for hydroxylation is 1. The molecule has 26 heavy (non-hydrogen) atoms. The molecule has 8 heteroatoms. The molecule has 3 aromatic rings. The number of anilines is 1. The van der Waals surface area contributed by atoms with E-state index < -0.39 is 0 Å². The lowest BCUT2D eigenvalue weighted by molar-refractivity contribution is -0.116. The summed E-state index contributed by atoms with van der Waals surface area (Å²) in [6.07, 6.45) is 0. The molecule has 1 aromatic heterocycles. The van der Waals surface area contributed by atoms with Crippen LogP contribution in [-0.4, -0.2) is 40.3 Å². The molecule has 134 valence electrons. The van der Waals surface area contributed by atoms with Crippen LogP contribution in [0.25, 0.3) is 11.4 Å². The number of aromatic nitrogens is 4. The summed E-state index contributed by atoms with van der Waals surface area (Å²) in [6, 6.07) is 12.9. The van der Waals surface area contributed by atoms with Gasteiger partial charge in [0.2, 0.25) is 5.91 Å². The van der Waals surface area contributed by atoms with Crippen molar-refractivity contribution in [3.05, 3.63) is 48.0 Å². The van der Waals surface area contributed by atoms with E-state index in [0.29, 0.717) is 23.0 Å². The average Bonchev–Trinajstić information content (AvgIpc) is 3.10. The van der Waals surface area contributed by atoms with Crippen molar-refractivity contribution in [2.75, 3.05) is 19.5 Å². The second-order valence-corrected chi connectivity index (χ2v) is 5.64. The van der Waals surface area contributed by atoms with Crippen LogP contribution < -0.4 is 14.8 Å². The first-order chi connectivity index (χ1) is 12.6. The molecule has 1 N–H and O–H groups in total. The van der Waals surface area contributed by atoms with Gasteiger partial charge < -0.3 is 14.8 Å². The van der Waals surface area contributed by atoms with Gasteiger partial charge in [-0.05, 0) is 29.5 Å². The van der Waals surface area contributed by atoms with Gasteiger partial charge in [0.1, 0.15) is 18.0 Å². The van der Waals surface area contributed by atoms with Gasteiger partial charge in [-0.1, -0.05) is 29.8 Å². The minimum Gasteiger partial charge on any atom is -0.497 e. The van der Waals surface area contributed by atoms with Crippen molar-refractivity contribution in [2.45, 2.75) is 13.5 Å². The minimum absolute atomic E-state index is 0.0312. The van der Waals surface area contributed by atoms with Gasteiger partial charge in [0.25, 0.3) is 0 Å². The molecule has 0 aliphatic rings. The number of ether oxygens (including phenoxy) is 2. The summed E-state index contributed by atoms with van der Waals surface area (Å²) in [4.78, 5) is 12.5. The number of nitrogens with one attached hydrogen (secondary N) is 1. The van der Waals surface area contributed by atoms with E-state index in [2.05, 4.69) is 20.8 Å². The largest absolute Gasteiger partial charge is 0.497 e. The number of carbonyl (C=O) groups excluding carboxylic acids is 1. The molecule has 0 fully saturated rings. The summed E-state index contributed by atoms with van der Waals surface area (Å²) < 4.78 is 11.9. The highest BCUT2D eigenvalue weighted by Crippen LogP contribution is 2.29. The normalized spacial score (nSPS) is 10.4. The van der Waals surface area contributed by atoms with Crippen molar-refractivity contribution in [3.8, 4) is 22.9 Å². The molecule has 1 amide bonds. The third-order valence-electron chi connectivity index (χ3n) is 3.82. The highest BCUT2D eigenvalue weighted by molar-refractivity contribution is 5.92. The summed E-state index contributed by atoms with van der Waals surface area (Å²) in [5.74, 6) is 1.40. The lowest BCUT2D eigenvalue weighted by atomic mass is 10.1. The molecule has 3 rings (SSSR count). The Labute approximate surface area is 150 Å². The van der Waals surface area contributed by atoms with E-state index in [4.69, 9.17) is 9.47 Å². The zero-order valence-corrected chi connectivity index (χ0v) is 14.8. The Morgan fingerprint density at radius 3 is 2.58 bits per heavy atom. The van der Waals surface area contributed by atoms with Crippen LogP contribution in [0, 0.1) is 6.92 Å². The van der Waals surface area contributed by atoms with Gasteiger partial charge in [0, 0.05) is 11.6 Å². The molecule has 0 unspecified atom stereocenters. The number of benzene rings is 2. The van der Waals surface area contributed by atoms with Gasteiger partial charge in [-0.25, -0.2) is 4.68 Å². The van der Waals surface area contributed by atoms with Crippen molar-refractivity contribution < 1.29 is 14.3 Å². The summed E-state index contributed by atoms with van der Waals surface area (Å²) in [6.45, 7) is 1.97. The highest BCUT2D eigenvalue weighted by Gasteiger charge is 2.14. The van der Waals surface area contributed by atoms with Crippen LogP contribution in [0.5, 0.6) is 11.5 Å². The minimum atomic E-state index is -0.280. The number of nitrogens with zero attached hydrogens (tertiary/aromatic N) is 4. The van der Waals surface area contributed by atoms with Crippen LogP contribution in [0.4, 0.5) is 5.69 Å². The lowest BCUT2D eigenvalue weighted by Gasteiger charge is -2.12. The summed E-state index contributed by atoms with van der Waals surface area (Å²) in [5.41, 5.74) is 2.49. The van der Waals surface area contributed by atoms with Crippen LogP contribution in [0.1, 0.15) is 5.56 Å². The molecule has 0 saturated heterocycles. The molecule has 0 bridgehead atoms. The highest BCUT2D eigenvalue weighted by atomic mass is 16.5. The topological polar surface area (TPSA) is 91.2 Å². The monoisotopic (exact) mass is 353 g/mol. The standard InChI is InChI=1S/C18H19N5O3/c1-12-4-6-13(7-5-12)18-20-21-22-23(18)11-17(24)19-15-10-14(25-2)8-9-16(15)26-3/h4-10H,11H2,1-3H3,(H,19,24).